The van der Waals surface area contributed by atoms with Crippen LogP contribution in [0.2, 0.25) is 0 Å². The number of benzene rings is 1. The van der Waals surface area contributed by atoms with Gasteiger partial charge in [0.2, 0.25) is 17.7 Å². The Bertz CT molecular complexity index is 736. The number of aliphatic carboxylic acids is 1. The van der Waals surface area contributed by atoms with E-state index in [9.17, 15) is 29.4 Å². The highest BCUT2D eigenvalue weighted by molar-refractivity contribution is 5.94. The van der Waals surface area contributed by atoms with Crippen LogP contribution in [0, 0.1) is 0 Å². The van der Waals surface area contributed by atoms with E-state index in [4.69, 9.17) is 10.8 Å². The van der Waals surface area contributed by atoms with Gasteiger partial charge < -0.3 is 37.0 Å². The minimum atomic E-state index is -1.35. The summed E-state index contributed by atoms with van der Waals surface area (Å²) in [4.78, 5) is 47.6. The number of nitrogens with one attached hydrogen (secondary N) is 3. The van der Waals surface area contributed by atoms with Crippen LogP contribution in [0.25, 0.3) is 0 Å². The fourth-order valence-corrected chi connectivity index (χ4v) is 2.22. The fourth-order valence-electron chi connectivity index (χ4n) is 2.22. The number of carbonyl (C=O) groups is 4. The largest absolute Gasteiger partial charge is 0.508 e. The fraction of sp³-hybridized carbons (Fsp3) is 0.444. The van der Waals surface area contributed by atoms with E-state index in [1.807, 2.05) is 0 Å². The van der Waals surface area contributed by atoms with E-state index in [2.05, 4.69) is 16.0 Å². The van der Waals surface area contributed by atoms with E-state index in [1.54, 1.807) is 0 Å². The molecule has 4 atom stereocenters. The number of carboxylic acids is 1. The average Bonchev–Trinajstić information content (AvgIpc) is 2.66. The van der Waals surface area contributed by atoms with Crippen LogP contribution in [0.15, 0.2) is 24.3 Å². The standard InChI is InChI=1S/C18H26N4O7/c1-9(19)15(25)22-14(8-23)17(27)21-13(16(26)20-10(2)18(28)29)7-11-3-5-12(24)6-4-11/h3-6,9-10,13-14,23-24H,7-8,19H2,1-2H3,(H,20,26)(H,21,27)(H,22,25)(H,28,29). The van der Waals surface area contributed by atoms with E-state index in [-0.39, 0.29) is 12.2 Å². The van der Waals surface area contributed by atoms with Crippen LogP contribution >= 0.6 is 0 Å². The summed E-state index contributed by atoms with van der Waals surface area (Å²) < 4.78 is 0. The number of phenolic OH excluding ortho intramolecular Hbond substituents is 1. The molecule has 0 fully saturated rings. The molecular formula is C18H26N4O7. The lowest BCUT2D eigenvalue weighted by atomic mass is 10.0. The third kappa shape index (κ3) is 7.76. The summed E-state index contributed by atoms with van der Waals surface area (Å²) in [5.41, 5.74) is 6.00. The van der Waals surface area contributed by atoms with Crippen LogP contribution in [0.1, 0.15) is 19.4 Å². The molecule has 4 unspecified atom stereocenters. The lowest BCUT2D eigenvalue weighted by molar-refractivity contribution is -0.141. The average molecular weight is 410 g/mol. The van der Waals surface area contributed by atoms with Gasteiger partial charge in [0.1, 0.15) is 23.9 Å². The first-order chi connectivity index (χ1) is 13.5. The summed E-state index contributed by atoms with van der Waals surface area (Å²) in [7, 11) is 0. The highest BCUT2D eigenvalue weighted by Gasteiger charge is 2.28. The van der Waals surface area contributed by atoms with Crippen molar-refractivity contribution in [1.29, 1.82) is 0 Å². The number of nitrogens with two attached hydrogens (primary N) is 1. The van der Waals surface area contributed by atoms with Crippen molar-refractivity contribution in [3.63, 3.8) is 0 Å². The van der Waals surface area contributed by atoms with Gasteiger partial charge in [-0.1, -0.05) is 12.1 Å². The van der Waals surface area contributed by atoms with Crippen molar-refractivity contribution in [2.45, 2.75) is 44.4 Å². The van der Waals surface area contributed by atoms with Crippen molar-refractivity contribution in [2.75, 3.05) is 6.61 Å². The van der Waals surface area contributed by atoms with Crippen LogP contribution < -0.4 is 21.7 Å². The topological polar surface area (TPSA) is 191 Å². The second-order valence-corrected chi connectivity index (χ2v) is 6.53. The van der Waals surface area contributed by atoms with E-state index in [1.165, 1.54) is 38.1 Å². The number of hydrogen-bond acceptors (Lipinski definition) is 7. The highest BCUT2D eigenvalue weighted by atomic mass is 16.4. The van der Waals surface area contributed by atoms with Crippen molar-refractivity contribution in [2.24, 2.45) is 5.73 Å². The quantitative estimate of drug-likeness (QED) is 0.227. The Morgan fingerprint density at radius 1 is 0.931 bits per heavy atom. The van der Waals surface area contributed by atoms with Gasteiger partial charge in [-0.3, -0.25) is 19.2 Å². The number of aliphatic hydroxyl groups excluding tert-OH is 1. The summed E-state index contributed by atoms with van der Waals surface area (Å²) in [5.74, 6) is -3.53. The van der Waals surface area contributed by atoms with Crippen molar-refractivity contribution >= 4 is 23.7 Å². The van der Waals surface area contributed by atoms with Crippen molar-refractivity contribution in [3.8, 4) is 5.75 Å². The Morgan fingerprint density at radius 3 is 1.93 bits per heavy atom. The van der Waals surface area contributed by atoms with Crippen molar-refractivity contribution < 1.29 is 34.5 Å². The van der Waals surface area contributed by atoms with Gasteiger partial charge in [0.25, 0.3) is 0 Å². The maximum Gasteiger partial charge on any atom is 0.325 e. The number of hydrogen-bond donors (Lipinski definition) is 7. The molecule has 29 heavy (non-hydrogen) atoms. The van der Waals surface area contributed by atoms with Gasteiger partial charge in [0, 0.05) is 6.42 Å². The normalized spacial score (nSPS) is 14.8. The van der Waals surface area contributed by atoms with E-state index in [0.29, 0.717) is 5.56 Å². The number of carbonyl (C=O) groups excluding carboxylic acids is 3. The zero-order valence-electron chi connectivity index (χ0n) is 16.1. The lowest BCUT2D eigenvalue weighted by Crippen LogP contribution is -2.58. The summed E-state index contributed by atoms with van der Waals surface area (Å²) in [5, 5.41) is 34.6. The molecule has 8 N–H and O–H groups in total. The van der Waals surface area contributed by atoms with Crippen LogP contribution in [0.5, 0.6) is 5.75 Å². The van der Waals surface area contributed by atoms with Crippen molar-refractivity contribution in [1.82, 2.24) is 16.0 Å². The van der Waals surface area contributed by atoms with Gasteiger partial charge in [0.15, 0.2) is 0 Å². The molecule has 1 aromatic carbocycles. The molecule has 11 heteroatoms. The SMILES string of the molecule is CC(N)C(=O)NC(CO)C(=O)NC(Cc1ccc(O)cc1)C(=O)NC(C)C(=O)O. The van der Waals surface area contributed by atoms with Gasteiger partial charge in [-0.25, -0.2) is 0 Å². The summed E-state index contributed by atoms with van der Waals surface area (Å²) in [6, 6.07) is 1.19. The first-order valence-corrected chi connectivity index (χ1v) is 8.83. The first kappa shape index (κ1) is 23.9. The number of phenols is 1. The second-order valence-electron chi connectivity index (χ2n) is 6.53. The Hall–Kier alpha value is -3.18. The molecule has 0 aliphatic rings. The molecule has 0 aliphatic carbocycles. The summed E-state index contributed by atoms with van der Waals surface area (Å²) >= 11 is 0. The van der Waals surface area contributed by atoms with Crippen LogP contribution in [-0.2, 0) is 25.6 Å². The Labute approximate surface area is 167 Å². The maximum atomic E-state index is 12.5. The number of aliphatic hydroxyl groups is 1. The molecule has 11 nitrogen and oxygen atoms in total. The molecule has 0 aliphatic heterocycles. The van der Waals surface area contributed by atoms with Gasteiger partial charge in [-0.05, 0) is 31.5 Å². The molecule has 3 amide bonds. The molecule has 0 heterocycles. The van der Waals surface area contributed by atoms with Crippen LogP contribution in [0.4, 0.5) is 0 Å². The van der Waals surface area contributed by atoms with E-state index >= 15 is 0 Å². The molecule has 0 spiro atoms. The minimum Gasteiger partial charge on any atom is -0.508 e. The van der Waals surface area contributed by atoms with Gasteiger partial charge in [-0.2, -0.15) is 0 Å². The van der Waals surface area contributed by atoms with Gasteiger partial charge >= 0.3 is 5.97 Å². The smallest absolute Gasteiger partial charge is 0.325 e. The lowest BCUT2D eigenvalue weighted by Gasteiger charge is -2.23. The Kier molecular flexibility index (Phi) is 9.03. The summed E-state index contributed by atoms with van der Waals surface area (Å²) in [6.45, 7) is 1.93. The maximum absolute atomic E-state index is 12.5. The molecule has 0 bridgehead atoms. The van der Waals surface area contributed by atoms with E-state index in [0.717, 1.165) is 0 Å². The molecule has 0 aromatic heterocycles. The molecule has 0 radical (unpaired) electrons. The van der Waals surface area contributed by atoms with Crippen molar-refractivity contribution in [3.05, 3.63) is 29.8 Å². The number of aromatic hydroxyl groups is 1. The number of amides is 3. The molecule has 160 valence electrons. The predicted octanol–water partition coefficient (Wildman–Crippen LogP) is -2.17. The van der Waals surface area contributed by atoms with Gasteiger partial charge in [-0.15, -0.1) is 0 Å². The highest BCUT2D eigenvalue weighted by Crippen LogP contribution is 2.11. The zero-order valence-corrected chi connectivity index (χ0v) is 16.1. The number of rotatable bonds is 10. The second kappa shape index (κ2) is 11.0. The Morgan fingerprint density at radius 2 is 1.45 bits per heavy atom. The molecule has 0 saturated carbocycles. The first-order valence-electron chi connectivity index (χ1n) is 8.83. The molecule has 1 rings (SSSR count). The predicted molar refractivity (Wildman–Crippen MR) is 102 cm³/mol. The Balaban J connectivity index is 2.97. The zero-order chi connectivity index (χ0) is 22.1. The number of carboxylic acid groups (broad SMARTS) is 1. The molecule has 1 aromatic rings. The molecular weight excluding hydrogens is 384 g/mol. The van der Waals surface area contributed by atoms with Crippen LogP contribution in [-0.4, -0.2) is 69.8 Å². The molecule has 0 saturated heterocycles. The van der Waals surface area contributed by atoms with Gasteiger partial charge in [0.05, 0.1) is 12.6 Å². The van der Waals surface area contributed by atoms with E-state index < -0.39 is 54.5 Å². The monoisotopic (exact) mass is 410 g/mol. The summed E-state index contributed by atoms with van der Waals surface area (Å²) in [6.07, 6.45) is -0.0242. The minimum absolute atomic E-state index is 0.0113. The third-order valence-corrected chi connectivity index (χ3v) is 3.97. The van der Waals surface area contributed by atoms with Crippen LogP contribution in [0.3, 0.4) is 0 Å². The third-order valence-electron chi connectivity index (χ3n) is 3.97.